The quantitative estimate of drug-likeness (QED) is 0.383. The van der Waals surface area contributed by atoms with Crippen molar-refractivity contribution in [1.82, 2.24) is 0 Å². The van der Waals surface area contributed by atoms with Crippen LogP contribution in [0.3, 0.4) is 0 Å². The summed E-state index contributed by atoms with van der Waals surface area (Å²) < 4.78 is 0. The fourth-order valence-corrected chi connectivity index (χ4v) is 1.58. The predicted molar refractivity (Wildman–Crippen MR) is 53.2 cm³/mol. The first-order valence-electron chi connectivity index (χ1n) is 4.02. The van der Waals surface area contributed by atoms with E-state index in [-0.39, 0.29) is 35.5 Å². The van der Waals surface area contributed by atoms with E-state index < -0.39 is 0 Å². The molecule has 0 unspecified atom stereocenters. The number of nitrogens with zero attached hydrogens (tertiary/aromatic N) is 1. The minimum absolute atomic E-state index is 0. The van der Waals surface area contributed by atoms with Gasteiger partial charge in [-0.3, -0.25) is 0 Å². The Morgan fingerprint density at radius 1 is 1.31 bits per heavy atom. The summed E-state index contributed by atoms with van der Waals surface area (Å²) in [6.07, 6.45) is 2.37. The van der Waals surface area contributed by atoms with Gasteiger partial charge in [0.1, 0.15) is 0 Å². The van der Waals surface area contributed by atoms with Crippen molar-refractivity contribution in [3.8, 4) is 0 Å². The number of rotatable bonds is 0. The number of benzene rings is 1. The van der Waals surface area contributed by atoms with Gasteiger partial charge in [-0.2, -0.15) is 6.42 Å². The zero-order chi connectivity index (χ0) is 7.68. The molecule has 1 aliphatic rings. The number of para-hydroxylation sites is 1. The Balaban J connectivity index is 0.000000720. The van der Waals surface area contributed by atoms with Gasteiger partial charge in [-0.25, -0.2) is 6.54 Å². The van der Waals surface area contributed by atoms with E-state index in [1.807, 2.05) is 0 Å². The largest absolute Gasteiger partial charge is 2.00 e. The molecule has 66 valence electrons. The van der Waals surface area contributed by atoms with Crippen LogP contribution in [0.5, 0.6) is 0 Å². The van der Waals surface area contributed by atoms with Crippen LogP contribution in [-0.4, -0.2) is 30.1 Å². The fraction of sp³-hybridized carbons (Fsp3) is 0.300. The fourth-order valence-electron chi connectivity index (χ4n) is 1.58. The van der Waals surface area contributed by atoms with Gasteiger partial charge < -0.3 is 17.3 Å². The Morgan fingerprint density at radius 2 is 2.00 bits per heavy atom. The molecule has 1 aliphatic heterocycles. The Kier molecular flexibility index (Phi) is 5.77. The summed E-state index contributed by atoms with van der Waals surface area (Å²) >= 11 is 0. The summed E-state index contributed by atoms with van der Waals surface area (Å²) in [5, 5.41) is 0. The summed E-state index contributed by atoms with van der Waals surface area (Å²) in [5.74, 6) is 0. The van der Waals surface area contributed by atoms with Crippen molar-refractivity contribution < 1.29 is 12.4 Å². The van der Waals surface area contributed by atoms with Crippen LogP contribution in [0.1, 0.15) is 12.0 Å². The molecule has 0 saturated heterocycles. The van der Waals surface area contributed by atoms with Crippen molar-refractivity contribution in [2.24, 2.45) is 0 Å². The molecule has 1 heterocycles. The number of aryl methyl sites for hydroxylation is 1. The normalized spacial score (nSPS) is 13.8. The summed E-state index contributed by atoms with van der Waals surface area (Å²) in [7, 11) is 2.11. The van der Waals surface area contributed by atoms with Gasteiger partial charge >= 0.3 is 23.1 Å². The summed E-state index contributed by atoms with van der Waals surface area (Å²) in [5.41, 5.74) is 2.83. The Hall–Kier alpha value is 0.0762. The van der Waals surface area contributed by atoms with Crippen molar-refractivity contribution in [3.63, 3.8) is 0 Å². The number of anilines is 1. The molecule has 0 radical (unpaired) electrons. The third-order valence-electron chi connectivity index (χ3n) is 2.19. The molecule has 0 amide bonds. The van der Waals surface area contributed by atoms with Gasteiger partial charge in [0.2, 0.25) is 0 Å². The second-order valence-corrected chi connectivity index (χ2v) is 2.96. The number of hydrogen-bond acceptors (Lipinski definition) is 1. The molecule has 3 heteroatoms. The average Bonchev–Trinajstić information content (AvgIpc) is 2.06. The zero-order valence-corrected chi connectivity index (χ0v) is 10.0. The standard InChI is InChI=1S/C10H12N.ClH.Mg/c1-11-8-4-6-9-5-2-3-7-10(9)11;;/h2-3,5,7-8H,4,6H2,1H3;1H;/q-1;;+2/p-1. The second kappa shape index (κ2) is 5.73. The molecule has 1 nitrogen and oxygen atoms in total. The van der Waals surface area contributed by atoms with Crippen LogP contribution in [0, 0.1) is 6.54 Å². The van der Waals surface area contributed by atoms with E-state index in [1.165, 1.54) is 24.1 Å². The maximum absolute atomic E-state index is 2.24. The molecule has 0 atom stereocenters. The van der Waals surface area contributed by atoms with Gasteiger partial charge in [0.15, 0.2) is 0 Å². The molecule has 0 aliphatic carbocycles. The van der Waals surface area contributed by atoms with Crippen LogP contribution in [0.2, 0.25) is 0 Å². The Labute approximate surface area is 102 Å². The van der Waals surface area contributed by atoms with Gasteiger partial charge in [-0.05, 0) is 18.7 Å². The van der Waals surface area contributed by atoms with Crippen LogP contribution >= 0.6 is 0 Å². The average molecular weight is 206 g/mol. The first-order valence-corrected chi connectivity index (χ1v) is 4.02. The smallest absolute Gasteiger partial charge is 1.00 e. The van der Waals surface area contributed by atoms with Gasteiger partial charge in [-0.1, -0.05) is 24.6 Å². The summed E-state index contributed by atoms with van der Waals surface area (Å²) in [4.78, 5) is 2.21. The molecule has 1 aromatic carbocycles. The molecule has 13 heavy (non-hydrogen) atoms. The zero-order valence-electron chi connectivity index (χ0n) is 7.83. The van der Waals surface area contributed by atoms with Crippen LogP contribution in [0.4, 0.5) is 5.69 Å². The molecule has 0 bridgehead atoms. The number of fused-ring (bicyclic) bond motifs is 1. The van der Waals surface area contributed by atoms with Crippen LogP contribution in [-0.2, 0) is 6.42 Å². The van der Waals surface area contributed by atoms with E-state index in [2.05, 4.69) is 42.8 Å². The Morgan fingerprint density at radius 3 is 2.69 bits per heavy atom. The molecule has 0 N–H and O–H groups in total. The molecular formula is C10H12ClMgN. The van der Waals surface area contributed by atoms with Crippen LogP contribution in [0.15, 0.2) is 24.3 Å². The maximum atomic E-state index is 2.24. The van der Waals surface area contributed by atoms with Gasteiger partial charge in [0.25, 0.3) is 0 Å². The number of hydrogen-bond donors (Lipinski definition) is 0. The van der Waals surface area contributed by atoms with E-state index in [1.54, 1.807) is 0 Å². The van der Waals surface area contributed by atoms with Gasteiger partial charge in [0.05, 0.1) is 0 Å². The maximum Gasteiger partial charge on any atom is 2.00 e. The van der Waals surface area contributed by atoms with E-state index in [0.717, 1.165) is 0 Å². The van der Waals surface area contributed by atoms with E-state index in [0.29, 0.717) is 0 Å². The summed E-state index contributed by atoms with van der Waals surface area (Å²) in [6.45, 7) is 2.24. The van der Waals surface area contributed by atoms with Crippen molar-refractivity contribution in [2.75, 3.05) is 11.9 Å². The predicted octanol–water partition coefficient (Wildman–Crippen LogP) is -1.15. The van der Waals surface area contributed by atoms with E-state index in [4.69, 9.17) is 0 Å². The van der Waals surface area contributed by atoms with E-state index in [9.17, 15) is 0 Å². The monoisotopic (exact) mass is 205 g/mol. The Bertz CT molecular complexity index is 265. The number of halogens is 1. The van der Waals surface area contributed by atoms with Crippen molar-refractivity contribution >= 4 is 28.7 Å². The molecule has 0 saturated carbocycles. The van der Waals surface area contributed by atoms with Crippen molar-refractivity contribution in [1.29, 1.82) is 0 Å². The molecule has 0 spiro atoms. The van der Waals surface area contributed by atoms with Gasteiger partial charge in [0, 0.05) is 5.69 Å². The SMILES string of the molecule is CN1[CH-]CCc2ccccc21.[Cl-].[Mg+2]. The minimum atomic E-state index is 0. The third-order valence-corrected chi connectivity index (χ3v) is 2.19. The van der Waals surface area contributed by atoms with Crippen molar-refractivity contribution in [2.45, 2.75) is 12.8 Å². The molecule has 1 aromatic rings. The molecule has 2 rings (SSSR count). The van der Waals surface area contributed by atoms with Crippen LogP contribution in [0.25, 0.3) is 0 Å². The molecular weight excluding hydrogens is 194 g/mol. The minimum Gasteiger partial charge on any atom is -1.00 e. The first kappa shape index (κ1) is 13.1. The third kappa shape index (κ3) is 2.76. The van der Waals surface area contributed by atoms with E-state index >= 15 is 0 Å². The van der Waals surface area contributed by atoms with Gasteiger partial charge in [-0.15, -0.1) is 0 Å². The first-order chi connectivity index (χ1) is 5.38. The molecule has 0 aromatic heterocycles. The molecule has 0 fully saturated rings. The van der Waals surface area contributed by atoms with Crippen molar-refractivity contribution in [3.05, 3.63) is 36.4 Å². The topological polar surface area (TPSA) is 3.24 Å². The van der Waals surface area contributed by atoms with Crippen LogP contribution < -0.4 is 17.3 Å². The summed E-state index contributed by atoms with van der Waals surface area (Å²) in [6, 6.07) is 8.58. The second-order valence-electron chi connectivity index (χ2n) is 2.96.